The van der Waals surface area contributed by atoms with Gasteiger partial charge in [-0.2, -0.15) is 0 Å². The van der Waals surface area contributed by atoms with Crippen LogP contribution in [-0.4, -0.2) is 35.1 Å². The molecule has 0 spiro atoms. The molecule has 0 fully saturated rings. The van der Waals surface area contributed by atoms with Crippen LogP contribution in [0.1, 0.15) is 49.2 Å². The maximum atomic E-state index is 12.2. The standard InChI is InChI=1S/C15H18F3N3O3/c1-4-10(7-23-15(16,17)18)20-13(22)9-5-11-12(8(2)3)21-24-14(11)19-6-9/h5-6,8,10H,4,7H2,1-3H3,(H,20,22)/t10-/m1/s1. The first-order chi connectivity index (χ1) is 11.2. The van der Waals surface area contributed by atoms with Gasteiger partial charge in [0.05, 0.1) is 29.3 Å². The SMILES string of the molecule is CC[C@H](COC(F)(F)F)NC(=O)c1cnc2onc(C(C)C)c2c1. The third-order valence-electron chi connectivity index (χ3n) is 3.44. The molecule has 0 aromatic carbocycles. The molecule has 6 nitrogen and oxygen atoms in total. The van der Waals surface area contributed by atoms with Gasteiger partial charge in [0, 0.05) is 6.20 Å². The first kappa shape index (κ1) is 18.2. The first-order valence-corrected chi connectivity index (χ1v) is 7.48. The highest BCUT2D eigenvalue weighted by Gasteiger charge is 2.30. The van der Waals surface area contributed by atoms with E-state index < -0.39 is 24.9 Å². The number of halogens is 3. The molecule has 0 aliphatic heterocycles. The number of nitrogens with one attached hydrogen (secondary N) is 1. The molecule has 2 heterocycles. The van der Waals surface area contributed by atoms with Gasteiger partial charge < -0.3 is 9.84 Å². The van der Waals surface area contributed by atoms with Crippen LogP contribution in [0.4, 0.5) is 13.2 Å². The predicted molar refractivity (Wildman–Crippen MR) is 79.4 cm³/mol. The highest BCUT2D eigenvalue weighted by molar-refractivity contribution is 5.97. The Hall–Kier alpha value is -2.16. The topological polar surface area (TPSA) is 77.2 Å². The Morgan fingerprint density at radius 2 is 2.12 bits per heavy atom. The molecule has 0 aliphatic rings. The lowest BCUT2D eigenvalue weighted by molar-refractivity contribution is -0.326. The molecule has 132 valence electrons. The van der Waals surface area contributed by atoms with Crippen molar-refractivity contribution < 1.29 is 27.2 Å². The van der Waals surface area contributed by atoms with Crippen molar-refractivity contribution in [3.63, 3.8) is 0 Å². The largest absolute Gasteiger partial charge is 0.522 e. The Morgan fingerprint density at radius 1 is 1.42 bits per heavy atom. The maximum absolute atomic E-state index is 12.2. The number of pyridine rings is 1. The van der Waals surface area contributed by atoms with Crippen molar-refractivity contribution in [3.05, 3.63) is 23.5 Å². The van der Waals surface area contributed by atoms with E-state index in [4.69, 9.17) is 4.52 Å². The Balaban J connectivity index is 2.13. The molecular weight excluding hydrogens is 327 g/mol. The van der Waals surface area contributed by atoms with Crippen LogP contribution in [0.25, 0.3) is 11.1 Å². The fraction of sp³-hybridized carbons (Fsp3) is 0.533. The van der Waals surface area contributed by atoms with Gasteiger partial charge in [0.2, 0.25) is 0 Å². The minimum Gasteiger partial charge on any atom is -0.347 e. The molecule has 0 bridgehead atoms. The molecule has 2 rings (SSSR count). The molecule has 1 N–H and O–H groups in total. The van der Waals surface area contributed by atoms with E-state index in [0.29, 0.717) is 23.2 Å². The molecule has 0 radical (unpaired) electrons. The Morgan fingerprint density at radius 3 is 2.71 bits per heavy atom. The van der Waals surface area contributed by atoms with Gasteiger partial charge in [-0.3, -0.25) is 9.53 Å². The van der Waals surface area contributed by atoms with Crippen molar-refractivity contribution in [2.75, 3.05) is 6.61 Å². The number of aromatic nitrogens is 2. The number of rotatable bonds is 6. The van der Waals surface area contributed by atoms with Gasteiger partial charge in [0.1, 0.15) is 0 Å². The average molecular weight is 345 g/mol. The zero-order valence-electron chi connectivity index (χ0n) is 13.5. The molecule has 0 unspecified atom stereocenters. The van der Waals surface area contributed by atoms with Gasteiger partial charge in [-0.05, 0) is 18.4 Å². The summed E-state index contributed by atoms with van der Waals surface area (Å²) in [6, 6.07) is 0.808. The number of carbonyl (C=O) groups excluding carboxylic acids is 1. The van der Waals surface area contributed by atoms with Crippen molar-refractivity contribution in [1.82, 2.24) is 15.5 Å². The maximum Gasteiger partial charge on any atom is 0.522 e. The van der Waals surface area contributed by atoms with E-state index in [2.05, 4.69) is 20.2 Å². The van der Waals surface area contributed by atoms with Gasteiger partial charge in [-0.25, -0.2) is 4.98 Å². The number of ether oxygens (including phenoxy) is 1. The minimum absolute atomic E-state index is 0.0786. The molecule has 0 saturated carbocycles. The zero-order valence-corrected chi connectivity index (χ0v) is 13.5. The monoisotopic (exact) mass is 345 g/mol. The van der Waals surface area contributed by atoms with Crippen LogP contribution in [-0.2, 0) is 4.74 Å². The second-order valence-electron chi connectivity index (χ2n) is 5.63. The summed E-state index contributed by atoms with van der Waals surface area (Å²) in [5.41, 5.74) is 1.19. The molecule has 9 heteroatoms. The summed E-state index contributed by atoms with van der Waals surface area (Å²) in [6.07, 6.45) is -3.14. The average Bonchev–Trinajstić information content (AvgIpc) is 2.93. The molecule has 2 aromatic heterocycles. The second kappa shape index (κ2) is 7.16. The van der Waals surface area contributed by atoms with E-state index in [9.17, 15) is 18.0 Å². The predicted octanol–water partition coefficient (Wildman–Crippen LogP) is 3.39. The highest BCUT2D eigenvalue weighted by Crippen LogP contribution is 2.24. The lowest BCUT2D eigenvalue weighted by atomic mass is 10.1. The fourth-order valence-corrected chi connectivity index (χ4v) is 2.12. The molecule has 1 amide bonds. The van der Waals surface area contributed by atoms with Crippen molar-refractivity contribution in [1.29, 1.82) is 0 Å². The number of hydrogen-bond acceptors (Lipinski definition) is 5. The van der Waals surface area contributed by atoms with Gasteiger partial charge in [0.25, 0.3) is 11.6 Å². The highest BCUT2D eigenvalue weighted by atomic mass is 19.4. The number of carbonyl (C=O) groups is 1. The van der Waals surface area contributed by atoms with Crippen LogP contribution >= 0.6 is 0 Å². The third-order valence-corrected chi connectivity index (χ3v) is 3.44. The van der Waals surface area contributed by atoms with Crippen molar-refractivity contribution >= 4 is 17.0 Å². The minimum atomic E-state index is -4.73. The van der Waals surface area contributed by atoms with E-state index >= 15 is 0 Å². The third kappa shape index (κ3) is 4.44. The van der Waals surface area contributed by atoms with Gasteiger partial charge >= 0.3 is 6.36 Å². The van der Waals surface area contributed by atoms with Crippen LogP contribution in [0.5, 0.6) is 0 Å². The second-order valence-corrected chi connectivity index (χ2v) is 5.63. The number of fused-ring (bicyclic) bond motifs is 1. The van der Waals surface area contributed by atoms with Crippen LogP contribution < -0.4 is 5.32 Å². The van der Waals surface area contributed by atoms with E-state index in [1.54, 1.807) is 13.0 Å². The van der Waals surface area contributed by atoms with Crippen molar-refractivity contribution in [2.45, 2.75) is 45.5 Å². The number of alkyl halides is 3. The molecule has 1 atom stereocenters. The van der Waals surface area contributed by atoms with Crippen molar-refractivity contribution in [2.24, 2.45) is 0 Å². The first-order valence-electron chi connectivity index (χ1n) is 7.48. The lowest BCUT2D eigenvalue weighted by Gasteiger charge is -2.18. The summed E-state index contributed by atoms with van der Waals surface area (Å²) in [4.78, 5) is 16.3. The number of amides is 1. The fourth-order valence-electron chi connectivity index (χ4n) is 2.12. The van der Waals surface area contributed by atoms with E-state index in [0.717, 1.165) is 0 Å². The summed E-state index contributed by atoms with van der Waals surface area (Å²) in [7, 11) is 0. The lowest BCUT2D eigenvalue weighted by Crippen LogP contribution is -2.39. The quantitative estimate of drug-likeness (QED) is 0.868. The van der Waals surface area contributed by atoms with E-state index in [1.807, 2.05) is 13.8 Å². The van der Waals surface area contributed by atoms with Gasteiger partial charge in [-0.1, -0.05) is 25.9 Å². The number of nitrogens with zero attached hydrogens (tertiary/aromatic N) is 2. The molecule has 2 aromatic rings. The Bertz CT molecular complexity index is 713. The molecule has 0 saturated heterocycles. The summed E-state index contributed by atoms with van der Waals surface area (Å²) in [6.45, 7) is 4.85. The van der Waals surface area contributed by atoms with E-state index in [-0.39, 0.29) is 11.5 Å². The summed E-state index contributed by atoms with van der Waals surface area (Å²) < 4.78 is 45.2. The van der Waals surface area contributed by atoms with Crippen LogP contribution in [0, 0.1) is 0 Å². The summed E-state index contributed by atoms with van der Waals surface area (Å²) in [5.74, 6) is -0.451. The van der Waals surface area contributed by atoms with Gasteiger partial charge in [-0.15, -0.1) is 13.2 Å². The smallest absolute Gasteiger partial charge is 0.347 e. The van der Waals surface area contributed by atoms with Crippen LogP contribution in [0.3, 0.4) is 0 Å². The molecule has 0 aliphatic carbocycles. The Kier molecular flexibility index (Phi) is 5.43. The molecule has 24 heavy (non-hydrogen) atoms. The normalized spacial score (nSPS) is 13.5. The Labute approximate surface area is 136 Å². The van der Waals surface area contributed by atoms with E-state index in [1.165, 1.54) is 6.20 Å². The summed E-state index contributed by atoms with van der Waals surface area (Å²) >= 11 is 0. The summed E-state index contributed by atoms with van der Waals surface area (Å²) in [5, 5.41) is 7.03. The van der Waals surface area contributed by atoms with Crippen molar-refractivity contribution in [3.8, 4) is 0 Å². The van der Waals surface area contributed by atoms with Crippen LogP contribution in [0.15, 0.2) is 16.8 Å². The molecular formula is C15H18F3N3O3. The van der Waals surface area contributed by atoms with Crippen LogP contribution in [0.2, 0.25) is 0 Å². The number of hydrogen-bond donors (Lipinski definition) is 1. The van der Waals surface area contributed by atoms with Gasteiger partial charge in [0.15, 0.2) is 0 Å². The zero-order chi connectivity index (χ0) is 17.9.